The minimum atomic E-state index is -0.534. The minimum absolute atomic E-state index is 0.0858. The highest BCUT2D eigenvalue weighted by Gasteiger charge is 2.17. The predicted octanol–water partition coefficient (Wildman–Crippen LogP) is 17.2. The van der Waals surface area contributed by atoms with Gasteiger partial charge in [0.25, 0.3) is 0 Å². The molecule has 0 heterocycles. The molecule has 0 rings (SSSR count). The van der Waals surface area contributed by atoms with Crippen molar-refractivity contribution in [3.8, 4) is 0 Å². The molecule has 5 nitrogen and oxygen atoms in total. The fourth-order valence-electron chi connectivity index (χ4n) is 7.55. The van der Waals surface area contributed by atoms with Crippen molar-refractivity contribution >= 4 is 11.9 Å². The SMILES string of the molecule is CCCC/C=C\CCCCCCCC(=O)OC(COCCCCCCCCCCCCCCCC)COC(=O)CCCCCCCCC/C=C\CCCCCCCC. The number of carbonyl (C=O) groups excluding carboxylic acids is 2. The van der Waals surface area contributed by atoms with Gasteiger partial charge < -0.3 is 14.2 Å². The van der Waals surface area contributed by atoms with Crippen LogP contribution in [-0.2, 0) is 23.8 Å². The van der Waals surface area contributed by atoms with Crippen molar-refractivity contribution in [3.05, 3.63) is 24.3 Å². The summed E-state index contributed by atoms with van der Waals surface area (Å²) >= 11 is 0. The number of unbranched alkanes of at least 4 members (excludes halogenated alkanes) is 33. The molecule has 0 amide bonds. The second-order valence-corrected chi connectivity index (χ2v) is 17.4. The number of hydrogen-bond donors (Lipinski definition) is 0. The van der Waals surface area contributed by atoms with Crippen LogP contribution in [0.25, 0.3) is 0 Å². The van der Waals surface area contributed by atoms with Crippen LogP contribution >= 0.6 is 0 Å². The molecule has 0 aromatic heterocycles. The van der Waals surface area contributed by atoms with Crippen molar-refractivity contribution < 1.29 is 23.8 Å². The van der Waals surface area contributed by atoms with Crippen molar-refractivity contribution in [1.82, 2.24) is 0 Å². The number of esters is 2. The molecular weight excluding hydrogens is 717 g/mol. The fourth-order valence-corrected chi connectivity index (χ4v) is 7.55. The smallest absolute Gasteiger partial charge is 0.306 e. The monoisotopic (exact) mass is 817 g/mol. The van der Waals surface area contributed by atoms with E-state index in [1.807, 2.05) is 0 Å². The van der Waals surface area contributed by atoms with Crippen molar-refractivity contribution in [2.24, 2.45) is 0 Å². The molecule has 0 aliphatic heterocycles. The van der Waals surface area contributed by atoms with E-state index in [-0.39, 0.29) is 25.2 Å². The Balaban J connectivity index is 4.20. The molecule has 0 bridgehead atoms. The summed E-state index contributed by atoms with van der Waals surface area (Å²) in [5, 5.41) is 0. The van der Waals surface area contributed by atoms with Gasteiger partial charge in [0.05, 0.1) is 6.61 Å². The van der Waals surface area contributed by atoms with Gasteiger partial charge in [0.15, 0.2) is 6.10 Å². The van der Waals surface area contributed by atoms with Gasteiger partial charge in [-0.25, -0.2) is 0 Å². The maximum Gasteiger partial charge on any atom is 0.306 e. The highest BCUT2D eigenvalue weighted by Crippen LogP contribution is 2.15. The molecule has 0 aliphatic carbocycles. The second-order valence-electron chi connectivity index (χ2n) is 17.4. The fraction of sp³-hybridized carbons (Fsp3) is 0.887. The second kappa shape index (κ2) is 49.7. The lowest BCUT2D eigenvalue weighted by Crippen LogP contribution is -2.30. The average Bonchev–Trinajstić information content (AvgIpc) is 3.22. The third-order valence-electron chi connectivity index (χ3n) is 11.5. The molecule has 0 spiro atoms. The molecule has 0 aromatic carbocycles. The third kappa shape index (κ3) is 47.1. The molecule has 0 radical (unpaired) electrons. The lowest BCUT2D eigenvalue weighted by molar-refractivity contribution is -0.163. The van der Waals surface area contributed by atoms with E-state index in [9.17, 15) is 9.59 Å². The molecule has 0 N–H and O–H groups in total. The van der Waals surface area contributed by atoms with Crippen LogP contribution in [0.15, 0.2) is 24.3 Å². The topological polar surface area (TPSA) is 61.8 Å². The molecule has 1 unspecified atom stereocenters. The van der Waals surface area contributed by atoms with Crippen LogP contribution in [-0.4, -0.2) is 37.9 Å². The maximum absolute atomic E-state index is 12.7. The molecule has 0 fully saturated rings. The zero-order valence-corrected chi connectivity index (χ0v) is 39.3. The Hall–Kier alpha value is -1.62. The van der Waals surface area contributed by atoms with Gasteiger partial charge in [0.1, 0.15) is 6.61 Å². The summed E-state index contributed by atoms with van der Waals surface area (Å²) in [4.78, 5) is 25.3. The first-order chi connectivity index (χ1) is 28.6. The summed E-state index contributed by atoms with van der Waals surface area (Å²) in [6.07, 6.45) is 57.5. The van der Waals surface area contributed by atoms with E-state index in [1.165, 1.54) is 199 Å². The van der Waals surface area contributed by atoms with Crippen LogP contribution in [0.3, 0.4) is 0 Å². The van der Waals surface area contributed by atoms with Gasteiger partial charge in [0.2, 0.25) is 0 Å². The van der Waals surface area contributed by atoms with Gasteiger partial charge >= 0.3 is 11.9 Å². The van der Waals surface area contributed by atoms with Gasteiger partial charge in [-0.05, 0) is 64.2 Å². The van der Waals surface area contributed by atoms with Crippen molar-refractivity contribution in [2.75, 3.05) is 19.8 Å². The van der Waals surface area contributed by atoms with Crippen molar-refractivity contribution in [3.63, 3.8) is 0 Å². The summed E-state index contributed by atoms with van der Waals surface area (Å²) in [6, 6.07) is 0. The van der Waals surface area contributed by atoms with Crippen LogP contribution < -0.4 is 0 Å². The minimum Gasteiger partial charge on any atom is -0.462 e. The zero-order valence-electron chi connectivity index (χ0n) is 39.3. The predicted molar refractivity (Wildman–Crippen MR) is 252 cm³/mol. The van der Waals surface area contributed by atoms with E-state index in [0.29, 0.717) is 19.4 Å². The molecule has 58 heavy (non-hydrogen) atoms. The molecular formula is C53H100O5. The highest BCUT2D eigenvalue weighted by atomic mass is 16.6. The average molecular weight is 817 g/mol. The van der Waals surface area contributed by atoms with Crippen LogP contribution in [0.1, 0.15) is 278 Å². The Morgan fingerprint density at radius 1 is 0.362 bits per heavy atom. The van der Waals surface area contributed by atoms with Crippen molar-refractivity contribution in [2.45, 2.75) is 284 Å². The quantitative estimate of drug-likeness (QED) is 0.0348. The number of allylic oxidation sites excluding steroid dienone is 4. The number of rotatable bonds is 48. The standard InChI is InChI=1S/C53H100O5/c1-4-7-10-13-16-19-22-24-26-27-28-29-32-34-37-40-43-46-52(54)57-50-51(58-53(55)47-44-41-38-35-31-21-18-15-12-9-6-3)49-56-48-45-42-39-36-33-30-25-23-20-17-14-11-8-5-2/h15,18,24,26,51H,4-14,16-17,19-23,25,27-50H2,1-3H3/b18-15-,26-24-. The molecule has 0 aromatic rings. The molecule has 342 valence electrons. The van der Waals surface area contributed by atoms with Gasteiger partial charge in [-0.1, -0.05) is 225 Å². The van der Waals surface area contributed by atoms with Crippen LogP contribution in [0.5, 0.6) is 0 Å². The summed E-state index contributed by atoms with van der Waals surface area (Å²) in [5.41, 5.74) is 0. The Morgan fingerprint density at radius 3 is 1.10 bits per heavy atom. The highest BCUT2D eigenvalue weighted by molar-refractivity contribution is 5.70. The van der Waals surface area contributed by atoms with E-state index in [2.05, 4.69) is 45.1 Å². The lowest BCUT2D eigenvalue weighted by atomic mass is 10.0. The summed E-state index contributed by atoms with van der Waals surface area (Å²) in [6.45, 7) is 7.82. The van der Waals surface area contributed by atoms with Crippen LogP contribution in [0.4, 0.5) is 0 Å². The summed E-state index contributed by atoms with van der Waals surface area (Å²) < 4.78 is 17.4. The van der Waals surface area contributed by atoms with Gasteiger partial charge in [-0.15, -0.1) is 0 Å². The largest absolute Gasteiger partial charge is 0.462 e. The molecule has 1 atom stereocenters. The first-order valence-corrected chi connectivity index (χ1v) is 25.9. The molecule has 0 saturated heterocycles. The first-order valence-electron chi connectivity index (χ1n) is 25.9. The van der Waals surface area contributed by atoms with Gasteiger partial charge in [0, 0.05) is 19.4 Å². The van der Waals surface area contributed by atoms with E-state index in [4.69, 9.17) is 14.2 Å². The molecule has 5 heteroatoms. The van der Waals surface area contributed by atoms with Gasteiger partial charge in [-0.3, -0.25) is 9.59 Å². The Labute approximate surface area is 362 Å². The Kier molecular flexibility index (Phi) is 48.4. The normalized spacial score (nSPS) is 12.3. The van der Waals surface area contributed by atoms with E-state index in [0.717, 1.165) is 44.9 Å². The Bertz CT molecular complexity index is 882. The number of ether oxygens (including phenoxy) is 3. The number of hydrogen-bond acceptors (Lipinski definition) is 5. The van der Waals surface area contributed by atoms with E-state index >= 15 is 0 Å². The van der Waals surface area contributed by atoms with E-state index in [1.54, 1.807) is 0 Å². The molecule has 0 saturated carbocycles. The van der Waals surface area contributed by atoms with Crippen LogP contribution in [0, 0.1) is 0 Å². The maximum atomic E-state index is 12.7. The van der Waals surface area contributed by atoms with Crippen molar-refractivity contribution in [1.29, 1.82) is 0 Å². The zero-order chi connectivity index (χ0) is 42.1. The lowest BCUT2D eigenvalue weighted by Gasteiger charge is -2.18. The first kappa shape index (κ1) is 56.4. The Morgan fingerprint density at radius 2 is 0.690 bits per heavy atom. The van der Waals surface area contributed by atoms with E-state index < -0.39 is 6.10 Å². The summed E-state index contributed by atoms with van der Waals surface area (Å²) in [7, 11) is 0. The third-order valence-corrected chi connectivity index (χ3v) is 11.5. The number of carbonyl (C=O) groups is 2. The van der Waals surface area contributed by atoms with Crippen LogP contribution in [0.2, 0.25) is 0 Å². The molecule has 0 aliphatic rings. The summed E-state index contributed by atoms with van der Waals surface area (Å²) in [5.74, 6) is -0.398. The van der Waals surface area contributed by atoms with Gasteiger partial charge in [-0.2, -0.15) is 0 Å².